The molecule has 0 unspecified atom stereocenters. The van der Waals surface area contributed by atoms with Crippen LogP contribution in [0.5, 0.6) is 5.75 Å². The Hall–Kier alpha value is -1.66. The van der Waals surface area contributed by atoms with Crippen LogP contribution in [0, 0.1) is 5.82 Å². The van der Waals surface area contributed by atoms with Gasteiger partial charge < -0.3 is 15.2 Å². The molecule has 2 aromatic rings. The average Bonchev–Trinajstić information content (AvgIpc) is 2.68. The van der Waals surface area contributed by atoms with E-state index in [1.54, 1.807) is 12.1 Å². The molecule has 2 N–H and O–H groups in total. The van der Waals surface area contributed by atoms with Crippen molar-refractivity contribution < 1.29 is 14.2 Å². The molecule has 3 rings (SSSR count). The third-order valence-electron chi connectivity index (χ3n) is 4.79. The van der Waals surface area contributed by atoms with Gasteiger partial charge in [-0.15, -0.1) is 0 Å². The third-order valence-corrected chi connectivity index (χ3v) is 5.04. The summed E-state index contributed by atoms with van der Waals surface area (Å²) in [6.45, 7) is 3.60. The molecule has 27 heavy (non-hydrogen) atoms. The number of aliphatic hydroxyl groups is 1. The van der Waals surface area contributed by atoms with E-state index in [0.717, 1.165) is 37.5 Å². The quantitative estimate of drug-likeness (QED) is 0.722. The van der Waals surface area contributed by atoms with Gasteiger partial charge in [-0.05, 0) is 55.8 Å². The number of hydrogen-bond donors (Lipinski definition) is 2. The van der Waals surface area contributed by atoms with Crippen molar-refractivity contribution in [2.45, 2.75) is 31.5 Å². The largest absolute Gasteiger partial charge is 0.491 e. The van der Waals surface area contributed by atoms with E-state index in [1.807, 2.05) is 12.1 Å². The molecule has 0 saturated carbocycles. The fourth-order valence-corrected chi connectivity index (χ4v) is 3.38. The summed E-state index contributed by atoms with van der Waals surface area (Å²) in [5.74, 6) is 0.0926. The zero-order valence-corrected chi connectivity index (χ0v) is 16.0. The van der Waals surface area contributed by atoms with Crippen molar-refractivity contribution in [1.29, 1.82) is 0 Å². The molecule has 0 spiro atoms. The normalized spacial score (nSPS) is 17.0. The first-order valence-corrected chi connectivity index (χ1v) is 9.73. The van der Waals surface area contributed by atoms with Crippen LogP contribution in [-0.2, 0) is 6.54 Å². The van der Waals surface area contributed by atoms with Gasteiger partial charge in [0.15, 0.2) is 0 Å². The van der Waals surface area contributed by atoms with Gasteiger partial charge in [0.1, 0.15) is 24.3 Å². The summed E-state index contributed by atoms with van der Waals surface area (Å²) in [7, 11) is 0. The molecule has 4 nitrogen and oxygen atoms in total. The maximum Gasteiger partial charge on any atom is 0.126 e. The van der Waals surface area contributed by atoms with Gasteiger partial charge in [-0.3, -0.25) is 4.90 Å². The monoisotopic (exact) mass is 392 g/mol. The van der Waals surface area contributed by atoms with Gasteiger partial charge in [0.05, 0.1) is 0 Å². The van der Waals surface area contributed by atoms with Gasteiger partial charge in [-0.25, -0.2) is 4.39 Å². The fourth-order valence-electron chi connectivity index (χ4n) is 3.25. The van der Waals surface area contributed by atoms with Crippen molar-refractivity contribution in [1.82, 2.24) is 10.2 Å². The fraction of sp³-hybridized carbons (Fsp3) is 0.429. The van der Waals surface area contributed by atoms with Crippen LogP contribution >= 0.6 is 11.6 Å². The van der Waals surface area contributed by atoms with Gasteiger partial charge in [0.25, 0.3) is 0 Å². The number of rotatable bonds is 8. The predicted molar refractivity (Wildman–Crippen MR) is 106 cm³/mol. The summed E-state index contributed by atoms with van der Waals surface area (Å²) in [4.78, 5) is 2.44. The lowest BCUT2D eigenvalue weighted by Gasteiger charge is -2.33. The van der Waals surface area contributed by atoms with Gasteiger partial charge in [0, 0.05) is 30.2 Å². The molecule has 0 amide bonds. The Kier molecular flexibility index (Phi) is 7.47. The maximum absolute atomic E-state index is 13.1. The molecule has 0 radical (unpaired) electrons. The molecule has 1 atom stereocenters. The minimum Gasteiger partial charge on any atom is -0.491 e. The zero-order valence-electron chi connectivity index (χ0n) is 15.3. The van der Waals surface area contributed by atoms with Crippen LogP contribution in [0.4, 0.5) is 4.39 Å². The maximum atomic E-state index is 13.1. The van der Waals surface area contributed by atoms with Crippen LogP contribution in [0.1, 0.15) is 18.4 Å². The lowest BCUT2D eigenvalue weighted by molar-refractivity contribution is 0.0978. The van der Waals surface area contributed by atoms with Crippen LogP contribution in [0.25, 0.3) is 0 Å². The number of ether oxygens (including phenoxy) is 1. The van der Waals surface area contributed by atoms with Crippen LogP contribution in [0.2, 0.25) is 5.02 Å². The first kappa shape index (κ1) is 20.1. The second kappa shape index (κ2) is 10.0. The van der Waals surface area contributed by atoms with E-state index in [9.17, 15) is 9.50 Å². The highest BCUT2D eigenvalue weighted by Crippen LogP contribution is 2.16. The molecular formula is C21H26ClFN2O2. The minimum absolute atomic E-state index is 0.145. The van der Waals surface area contributed by atoms with Crippen molar-refractivity contribution in [3.63, 3.8) is 0 Å². The van der Waals surface area contributed by atoms with E-state index in [1.165, 1.54) is 17.7 Å². The topological polar surface area (TPSA) is 44.7 Å². The van der Waals surface area contributed by atoms with E-state index in [4.69, 9.17) is 16.3 Å². The Morgan fingerprint density at radius 3 is 2.63 bits per heavy atom. The van der Waals surface area contributed by atoms with E-state index < -0.39 is 6.10 Å². The Balaban J connectivity index is 1.32. The first-order valence-electron chi connectivity index (χ1n) is 9.35. The Morgan fingerprint density at radius 2 is 1.93 bits per heavy atom. The smallest absolute Gasteiger partial charge is 0.126 e. The zero-order chi connectivity index (χ0) is 19.1. The molecule has 0 bridgehead atoms. The molecule has 146 valence electrons. The second-order valence-electron chi connectivity index (χ2n) is 7.01. The summed E-state index contributed by atoms with van der Waals surface area (Å²) in [6, 6.07) is 14.4. The van der Waals surface area contributed by atoms with Crippen molar-refractivity contribution in [3.8, 4) is 5.75 Å². The molecule has 1 saturated heterocycles. The highest BCUT2D eigenvalue weighted by Gasteiger charge is 2.19. The molecule has 2 aromatic carbocycles. The number of likely N-dealkylation sites (tertiary alicyclic amines) is 1. The predicted octanol–water partition coefficient (Wildman–Crippen LogP) is 3.47. The van der Waals surface area contributed by atoms with Crippen molar-refractivity contribution in [3.05, 3.63) is 64.9 Å². The molecular weight excluding hydrogens is 367 g/mol. The summed E-state index contributed by atoms with van der Waals surface area (Å²) in [5, 5.41) is 14.3. The first-order chi connectivity index (χ1) is 13.1. The average molecular weight is 393 g/mol. The van der Waals surface area contributed by atoms with E-state index >= 15 is 0 Å². The Morgan fingerprint density at radius 1 is 1.19 bits per heavy atom. The molecule has 1 aliphatic rings. The second-order valence-corrected chi connectivity index (χ2v) is 7.44. The highest BCUT2D eigenvalue weighted by atomic mass is 35.5. The molecule has 0 aliphatic carbocycles. The third kappa shape index (κ3) is 6.78. The van der Waals surface area contributed by atoms with E-state index in [2.05, 4.69) is 22.3 Å². The van der Waals surface area contributed by atoms with Gasteiger partial charge >= 0.3 is 0 Å². The minimum atomic E-state index is -0.625. The summed E-state index contributed by atoms with van der Waals surface area (Å²) < 4.78 is 18.5. The Bertz CT molecular complexity index is 706. The van der Waals surface area contributed by atoms with Crippen molar-refractivity contribution >= 4 is 11.6 Å². The summed E-state index contributed by atoms with van der Waals surface area (Å²) >= 11 is 5.93. The highest BCUT2D eigenvalue weighted by molar-refractivity contribution is 6.30. The lowest BCUT2D eigenvalue weighted by Crippen LogP contribution is -2.45. The van der Waals surface area contributed by atoms with Crippen LogP contribution in [0.15, 0.2) is 48.5 Å². The van der Waals surface area contributed by atoms with Crippen molar-refractivity contribution in [2.75, 3.05) is 26.2 Å². The van der Waals surface area contributed by atoms with Crippen LogP contribution in [-0.4, -0.2) is 48.4 Å². The molecule has 1 aliphatic heterocycles. The molecule has 1 heterocycles. The summed E-state index contributed by atoms with van der Waals surface area (Å²) in [5.41, 5.74) is 1.27. The van der Waals surface area contributed by atoms with Crippen LogP contribution in [0.3, 0.4) is 0 Å². The summed E-state index contributed by atoms with van der Waals surface area (Å²) in [6.07, 6.45) is 1.47. The standard InChI is InChI=1S/C21H26ClFN2O2/c22-17-6-4-16(5-7-17)14-25-10-8-19(9-11-25)24-13-20(26)15-27-21-3-1-2-18(23)12-21/h1-7,12,19-20,24,26H,8-11,13-15H2/t20-/m0/s1. The number of hydrogen-bond acceptors (Lipinski definition) is 4. The van der Waals surface area contributed by atoms with Gasteiger partial charge in [-0.2, -0.15) is 0 Å². The number of piperidine rings is 1. The molecule has 6 heteroatoms. The number of halogens is 2. The van der Waals surface area contributed by atoms with Crippen molar-refractivity contribution in [2.24, 2.45) is 0 Å². The molecule has 0 aromatic heterocycles. The van der Waals surface area contributed by atoms with E-state index in [-0.39, 0.29) is 12.4 Å². The van der Waals surface area contributed by atoms with E-state index in [0.29, 0.717) is 18.3 Å². The van der Waals surface area contributed by atoms with Gasteiger partial charge in [-0.1, -0.05) is 29.8 Å². The molecule has 1 fully saturated rings. The SMILES string of the molecule is O[C@@H](CNC1CCN(Cc2ccc(Cl)cc2)CC1)COc1cccc(F)c1. The number of nitrogens with zero attached hydrogens (tertiary/aromatic N) is 1. The lowest BCUT2D eigenvalue weighted by atomic mass is 10.0. The number of benzene rings is 2. The van der Waals surface area contributed by atoms with Crippen LogP contribution < -0.4 is 10.1 Å². The number of nitrogens with one attached hydrogen (secondary N) is 1. The number of aliphatic hydroxyl groups excluding tert-OH is 1. The Labute approximate surface area is 164 Å². The van der Waals surface area contributed by atoms with Gasteiger partial charge in [0.2, 0.25) is 0 Å².